The monoisotopic (exact) mass is 196 g/mol. The fraction of sp³-hybridized carbons (Fsp3) is 0.909. The molecule has 0 spiro atoms. The van der Waals surface area contributed by atoms with E-state index in [9.17, 15) is 4.79 Å². The summed E-state index contributed by atoms with van der Waals surface area (Å²) in [5, 5.41) is 2.87. The number of carbonyl (C=O) groups excluding carboxylic acids is 1. The molecule has 3 heteroatoms. The molecule has 0 unspecified atom stereocenters. The number of amides is 2. The van der Waals surface area contributed by atoms with Crippen molar-refractivity contribution in [1.82, 2.24) is 10.2 Å². The molecule has 1 saturated carbocycles. The molecular formula is C11H20N2O. The van der Waals surface area contributed by atoms with Gasteiger partial charge in [-0.2, -0.15) is 0 Å². The first-order valence-electron chi connectivity index (χ1n) is 5.63. The lowest BCUT2D eigenvalue weighted by Crippen LogP contribution is -2.41. The van der Waals surface area contributed by atoms with E-state index in [2.05, 4.69) is 19.2 Å². The van der Waals surface area contributed by atoms with Gasteiger partial charge in [0.1, 0.15) is 0 Å². The maximum Gasteiger partial charge on any atom is 0.317 e. The van der Waals surface area contributed by atoms with Crippen LogP contribution in [0.1, 0.15) is 39.5 Å². The van der Waals surface area contributed by atoms with Gasteiger partial charge in [0.05, 0.1) is 0 Å². The summed E-state index contributed by atoms with van der Waals surface area (Å²) in [4.78, 5) is 13.5. The Balaban J connectivity index is 1.92. The van der Waals surface area contributed by atoms with Gasteiger partial charge >= 0.3 is 6.03 Å². The van der Waals surface area contributed by atoms with Crippen molar-refractivity contribution in [3.05, 3.63) is 0 Å². The fourth-order valence-corrected chi connectivity index (χ4v) is 2.53. The lowest BCUT2D eigenvalue weighted by molar-refractivity contribution is 0.136. The van der Waals surface area contributed by atoms with Crippen LogP contribution in [-0.4, -0.2) is 30.1 Å². The maximum atomic E-state index is 11.4. The van der Waals surface area contributed by atoms with E-state index in [0.717, 1.165) is 13.1 Å². The average molecular weight is 196 g/mol. The highest BCUT2D eigenvalue weighted by Crippen LogP contribution is 2.37. The molecule has 0 aromatic carbocycles. The van der Waals surface area contributed by atoms with Crippen LogP contribution in [0.15, 0.2) is 0 Å². The molecule has 1 heterocycles. The molecule has 14 heavy (non-hydrogen) atoms. The van der Waals surface area contributed by atoms with Crippen LogP contribution in [0.4, 0.5) is 4.79 Å². The van der Waals surface area contributed by atoms with Crippen LogP contribution < -0.4 is 5.32 Å². The Morgan fingerprint density at radius 2 is 2.00 bits per heavy atom. The molecule has 2 rings (SSSR count). The third-order valence-corrected chi connectivity index (χ3v) is 3.64. The minimum absolute atomic E-state index is 0.148. The number of urea groups is 1. The number of carbonyl (C=O) groups is 1. The Kier molecular flexibility index (Phi) is 2.41. The zero-order valence-electron chi connectivity index (χ0n) is 9.18. The minimum Gasteiger partial charge on any atom is -0.336 e. The Bertz CT molecular complexity index is 227. The van der Waals surface area contributed by atoms with E-state index in [1.54, 1.807) is 0 Å². The molecule has 1 N–H and O–H groups in total. The van der Waals surface area contributed by atoms with Gasteiger partial charge in [-0.3, -0.25) is 0 Å². The van der Waals surface area contributed by atoms with Crippen molar-refractivity contribution in [3.8, 4) is 0 Å². The van der Waals surface area contributed by atoms with Gasteiger partial charge in [0, 0.05) is 19.1 Å². The molecule has 2 fully saturated rings. The summed E-state index contributed by atoms with van der Waals surface area (Å²) in [6.45, 7) is 6.39. The van der Waals surface area contributed by atoms with E-state index < -0.39 is 0 Å². The third kappa shape index (κ3) is 1.86. The minimum atomic E-state index is 0.148. The number of hydrogen-bond donors (Lipinski definition) is 1. The van der Waals surface area contributed by atoms with Crippen LogP contribution >= 0.6 is 0 Å². The SMILES string of the molecule is CC1(C)CCC(N2CCNC2=O)CC1. The summed E-state index contributed by atoms with van der Waals surface area (Å²) in [6, 6.07) is 0.653. The van der Waals surface area contributed by atoms with Crippen molar-refractivity contribution in [2.75, 3.05) is 13.1 Å². The Morgan fingerprint density at radius 1 is 1.36 bits per heavy atom. The topological polar surface area (TPSA) is 32.3 Å². The summed E-state index contributed by atoms with van der Waals surface area (Å²) in [6.07, 6.45) is 4.86. The molecule has 80 valence electrons. The Labute approximate surface area is 85.8 Å². The van der Waals surface area contributed by atoms with Crippen molar-refractivity contribution < 1.29 is 4.79 Å². The summed E-state index contributed by atoms with van der Waals surface area (Å²) in [7, 11) is 0. The van der Waals surface area contributed by atoms with E-state index in [1.807, 2.05) is 4.90 Å². The molecule has 1 aliphatic carbocycles. The zero-order chi connectivity index (χ0) is 10.2. The fourth-order valence-electron chi connectivity index (χ4n) is 2.53. The summed E-state index contributed by atoms with van der Waals surface area (Å²) in [5.41, 5.74) is 0.493. The molecule has 1 saturated heterocycles. The van der Waals surface area contributed by atoms with Crippen LogP contribution in [0.2, 0.25) is 0 Å². The second-order valence-electron chi connectivity index (χ2n) is 5.32. The highest BCUT2D eigenvalue weighted by Gasteiger charge is 2.33. The van der Waals surface area contributed by atoms with Gasteiger partial charge in [-0.15, -0.1) is 0 Å². The first kappa shape index (κ1) is 9.81. The van der Waals surface area contributed by atoms with Crippen LogP contribution in [-0.2, 0) is 0 Å². The smallest absolute Gasteiger partial charge is 0.317 e. The predicted octanol–water partition coefficient (Wildman–Crippen LogP) is 1.98. The molecule has 0 aromatic heterocycles. The van der Waals surface area contributed by atoms with Crippen molar-refractivity contribution in [2.24, 2.45) is 5.41 Å². The lowest BCUT2D eigenvalue weighted by Gasteiger charge is -2.38. The van der Waals surface area contributed by atoms with Crippen LogP contribution in [0.5, 0.6) is 0 Å². The van der Waals surface area contributed by atoms with Gasteiger partial charge in [0.25, 0.3) is 0 Å². The third-order valence-electron chi connectivity index (χ3n) is 3.64. The number of nitrogens with zero attached hydrogens (tertiary/aromatic N) is 1. The van der Waals surface area contributed by atoms with Crippen LogP contribution in [0, 0.1) is 5.41 Å². The summed E-state index contributed by atoms with van der Waals surface area (Å²) < 4.78 is 0. The molecule has 0 aromatic rings. The Morgan fingerprint density at radius 3 is 2.50 bits per heavy atom. The van der Waals surface area contributed by atoms with E-state index in [0.29, 0.717) is 11.5 Å². The molecule has 2 aliphatic rings. The second-order valence-corrected chi connectivity index (χ2v) is 5.32. The highest BCUT2D eigenvalue weighted by molar-refractivity contribution is 5.76. The van der Waals surface area contributed by atoms with E-state index in [-0.39, 0.29) is 6.03 Å². The largest absolute Gasteiger partial charge is 0.336 e. The standard InChI is InChI=1S/C11H20N2O/c1-11(2)5-3-9(4-6-11)13-8-7-12-10(13)14/h9H,3-8H2,1-2H3,(H,12,14). The van der Waals surface area contributed by atoms with Crippen LogP contribution in [0.3, 0.4) is 0 Å². The normalized spacial score (nSPS) is 27.9. The molecule has 0 atom stereocenters. The van der Waals surface area contributed by atoms with Crippen molar-refractivity contribution in [1.29, 1.82) is 0 Å². The molecule has 0 radical (unpaired) electrons. The van der Waals surface area contributed by atoms with Crippen molar-refractivity contribution in [3.63, 3.8) is 0 Å². The molecule has 3 nitrogen and oxygen atoms in total. The zero-order valence-corrected chi connectivity index (χ0v) is 9.18. The number of nitrogens with one attached hydrogen (secondary N) is 1. The van der Waals surface area contributed by atoms with Crippen molar-refractivity contribution >= 4 is 6.03 Å². The van der Waals surface area contributed by atoms with E-state index in [1.165, 1.54) is 25.7 Å². The molecule has 0 bridgehead atoms. The second kappa shape index (κ2) is 3.44. The van der Waals surface area contributed by atoms with E-state index >= 15 is 0 Å². The first-order valence-corrected chi connectivity index (χ1v) is 5.63. The predicted molar refractivity (Wildman–Crippen MR) is 56.1 cm³/mol. The number of hydrogen-bond acceptors (Lipinski definition) is 1. The molecule has 2 amide bonds. The van der Waals surface area contributed by atoms with Gasteiger partial charge in [-0.1, -0.05) is 13.8 Å². The molecular weight excluding hydrogens is 176 g/mol. The van der Waals surface area contributed by atoms with Gasteiger partial charge in [0.2, 0.25) is 0 Å². The lowest BCUT2D eigenvalue weighted by atomic mass is 9.75. The Hall–Kier alpha value is -0.730. The summed E-state index contributed by atoms with van der Waals surface area (Å²) >= 11 is 0. The van der Waals surface area contributed by atoms with Gasteiger partial charge in [-0.05, 0) is 31.1 Å². The highest BCUT2D eigenvalue weighted by atomic mass is 16.2. The number of rotatable bonds is 1. The molecule has 1 aliphatic heterocycles. The average Bonchev–Trinajstić information content (AvgIpc) is 2.52. The maximum absolute atomic E-state index is 11.4. The van der Waals surface area contributed by atoms with Gasteiger partial charge in [0.15, 0.2) is 0 Å². The quantitative estimate of drug-likeness (QED) is 0.683. The van der Waals surface area contributed by atoms with Gasteiger partial charge in [-0.25, -0.2) is 4.79 Å². The van der Waals surface area contributed by atoms with Crippen LogP contribution in [0.25, 0.3) is 0 Å². The van der Waals surface area contributed by atoms with Gasteiger partial charge < -0.3 is 10.2 Å². The summed E-state index contributed by atoms with van der Waals surface area (Å²) in [5.74, 6) is 0. The van der Waals surface area contributed by atoms with Crippen molar-refractivity contribution in [2.45, 2.75) is 45.6 Å². The first-order chi connectivity index (χ1) is 6.58. The van der Waals surface area contributed by atoms with E-state index in [4.69, 9.17) is 0 Å².